The third kappa shape index (κ3) is 7.56. The zero-order chi connectivity index (χ0) is 25.0. The van der Waals surface area contributed by atoms with Crippen molar-refractivity contribution in [1.29, 1.82) is 0 Å². The maximum atomic E-state index is 11.6. The van der Waals surface area contributed by atoms with Crippen molar-refractivity contribution in [2.75, 3.05) is 37.7 Å². The van der Waals surface area contributed by atoms with Crippen LogP contribution in [0.2, 0.25) is 0 Å². The second-order valence-electron chi connectivity index (χ2n) is 9.45. The number of amides is 1. The Morgan fingerprint density at radius 1 is 0.971 bits per heavy atom. The van der Waals surface area contributed by atoms with Gasteiger partial charge in [0.05, 0.1) is 17.8 Å². The highest BCUT2D eigenvalue weighted by Crippen LogP contribution is 2.33. The van der Waals surface area contributed by atoms with Gasteiger partial charge in [-0.3, -0.25) is 9.48 Å². The minimum Gasteiger partial charge on any atom is -0.387 e. The van der Waals surface area contributed by atoms with Gasteiger partial charge >= 0.3 is 0 Å². The molecule has 2 aliphatic rings. The van der Waals surface area contributed by atoms with Gasteiger partial charge in [0.15, 0.2) is 0 Å². The Morgan fingerprint density at radius 3 is 2.17 bits per heavy atom. The Morgan fingerprint density at radius 2 is 1.63 bits per heavy atom. The van der Waals surface area contributed by atoms with Crippen molar-refractivity contribution >= 4 is 22.5 Å². The smallest absolute Gasteiger partial charge is 0.248 e. The molecule has 2 aromatic carbocycles. The molecule has 190 valence electrons. The van der Waals surface area contributed by atoms with E-state index in [1.165, 1.54) is 60.7 Å². The summed E-state index contributed by atoms with van der Waals surface area (Å²) in [5.41, 5.74) is 3.73. The summed E-state index contributed by atoms with van der Waals surface area (Å²) in [6.45, 7) is 8.98. The fourth-order valence-corrected chi connectivity index (χ4v) is 4.51. The molecule has 0 atom stereocenters. The van der Waals surface area contributed by atoms with Gasteiger partial charge in [0, 0.05) is 37.3 Å². The van der Waals surface area contributed by atoms with E-state index in [-0.39, 0.29) is 5.91 Å². The summed E-state index contributed by atoms with van der Waals surface area (Å²) in [6.07, 6.45) is 9.65. The highest BCUT2D eigenvalue weighted by atomic mass is 16.3. The Balaban J connectivity index is 0.000000259. The number of fused-ring (bicyclic) bond motifs is 1. The van der Waals surface area contributed by atoms with Crippen LogP contribution in [0, 0.1) is 6.92 Å². The molecule has 35 heavy (non-hydrogen) atoms. The number of piperazine rings is 1. The number of hydrogen-bond donors (Lipinski definition) is 1. The van der Waals surface area contributed by atoms with Gasteiger partial charge in [-0.1, -0.05) is 75.4 Å². The van der Waals surface area contributed by atoms with E-state index >= 15 is 0 Å². The first-order valence-corrected chi connectivity index (χ1v) is 13.2. The van der Waals surface area contributed by atoms with Crippen molar-refractivity contribution in [2.24, 2.45) is 0 Å². The van der Waals surface area contributed by atoms with E-state index in [0.29, 0.717) is 19.1 Å². The van der Waals surface area contributed by atoms with Crippen LogP contribution in [-0.2, 0) is 4.79 Å². The first-order chi connectivity index (χ1) is 17.1. The number of unbranched alkanes of at least 4 members (excludes halogenated alkanes) is 1. The summed E-state index contributed by atoms with van der Waals surface area (Å²) >= 11 is 0. The van der Waals surface area contributed by atoms with E-state index in [0.717, 1.165) is 13.1 Å². The Kier molecular flexibility index (Phi) is 10.6. The van der Waals surface area contributed by atoms with Gasteiger partial charge in [0.25, 0.3) is 0 Å². The van der Waals surface area contributed by atoms with Gasteiger partial charge in [0.1, 0.15) is 6.61 Å². The summed E-state index contributed by atoms with van der Waals surface area (Å²) in [5.74, 6) is -0.176. The van der Waals surface area contributed by atoms with E-state index in [4.69, 9.17) is 5.11 Å². The fraction of sp³-hybridized carbons (Fsp3) is 0.517. The van der Waals surface area contributed by atoms with Crippen LogP contribution in [0.15, 0.2) is 54.7 Å². The lowest BCUT2D eigenvalue weighted by Crippen LogP contribution is -2.49. The molecule has 2 heterocycles. The average molecular weight is 479 g/mol. The lowest BCUT2D eigenvalue weighted by Gasteiger charge is -2.36. The molecule has 1 N–H and O–H groups in total. The minimum atomic E-state index is -0.396. The van der Waals surface area contributed by atoms with Gasteiger partial charge in [-0.05, 0) is 38.0 Å². The van der Waals surface area contributed by atoms with Crippen molar-refractivity contribution in [3.05, 3.63) is 60.3 Å². The molecule has 1 aliphatic heterocycles. The van der Waals surface area contributed by atoms with Crippen LogP contribution in [0.1, 0.15) is 64.0 Å². The van der Waals surface area contributed by atoms with Crippen LogP contribution < -0.4 is 4.90 Å². The third-order valence-electron chi connectivity index (χ3n) is 6.83. The molecule has 5 rings (SSSR count). The van der Waals surface area contributed by atoms with E-state index in [9.17, 15) is 4.79 Å². The predicted octanol–water partition coefficient (Wildman–Crippen LogP) is 5.59. The predicted molar refractivity (Wildman–Crippen MR) is 145 cm³/mol. The molecular formula is C29H42N4O2. The van der Waals surface area contributed by atoms with Crippen molar-refractivity contribution in [3.63, 3.8) is 0 Å². The maximum Gasteiger partial charge on any atom is 0.248 e. The molecule has 0 spiro atoms. The SMILES string of the molecule is CCCC.Cc1ccccc1.O=C(CO)N1CCN(c2ccc3cnn(C4CCCC4)c3c2)CC1. The fourth-order valence-electron chi connectivity index (χ4n) is 4.51. The van der Waals surface area contributed by atoms with Crippen molar-refractivity contribution in [1.82, 2.24) is 14.7 Å². The van der Waals surface area contributed by atoms with Crippen molar-refractivity contribution < 1.29 is 9.90 Å². The topological polar surface area (TPSA) is 61.6 Å². The van der Waals surface area contributed by atoms with Gasteiger partial charge in [0.2, 0.25) is 5.91 Å². The van der Waals surface area contributed by atoms with Crippen LogP contribution in [0.25, 0.3) is 10.9 Å². The van der Waals surface area contributed by atoms with Crippen molar-refractivity contribution in [3.8, 4) is 0 Å². The van der Waals surface area contributed by atoms with Crippen LogP contribution in [0.4, 0.5) is 5.69 Å². The van der Waals surface area contributed by atoms with Crippen LogP contribution in [0.3, 0.4) is 0 Å². The monoisotopic (exact) mass is 478 g/mol. The van der Waals surface area contributed by atoms with E-state index in [1.54, 1.807) is 4.90 Å². The molecule has 0 radical (unpaired) electrons. The van der Waals surface area contributed by atoms with Gasteiger partial charge < -0.3 is 14.9 Å². The molecule has 1 amide bonds. The standard InChI is InChI=1S/C18H24N4O2.C7H8.C4H10/c23-13-18(24)21-9-7-20(8-10-21)16-6-5-14-12-19-22(17(14)11-16)15-3-1-2-4-15;1-7-5-3-2-4-6-7;1-3-4-2/h5-6,11-12,15,23H,1-4,7-10,13H2;2-6H,1H3;3-4H2,1-2H3. The lowest BCUT2D eigenvalue weighted by molar-refractivity contribution is -0.134. The maximum absolute atomic E-state index is 11.6. The van der Waals surface area contributed by atoms with Gasteiger partial charge in [-0.25, -0.2) is 0 Å². The number of nitrogens with zero attached hydrogens (tertiary/aromatic N) is 4. The quantitative estimate of drug-likeness (QED) is 0.531. The third-order valence-corrected chi connectivity index (χ3v) is 6.83. The number of benzene rings is 2. The molecule has 1 saturated heterocycles. The molecule has 1 saturated carbocycles. The highest BCUT2D eigenvalue weighted by molar-refractivity contribution is 5.83. The molecule has 2 fully saturated rings. The molecule has 3 aromatic rings. The molecule has 6 heteroatoms. The Bertz CT molecular complexity index is 1020. The van der Waals surface area contributed by atoms with Gasteiger partial charge in [-0.2, -0.15) is 5.10 Å². The first kappa shape index (κ1) is 26.7. The second-order valence-corrected chi connectivity index (χ2v) is 9.45. The number of hydrogen-bond acceptors (Lipinski definition) is 4. The van der Waals surface area contributed by atoms with Crippen LogP contribution in [0.5, 0.6) is 0 Å². The number of anilines is 1. The number of aryl methyl sites for hydroxylation is 1. The summed E-state index contributed by atoms with van der Waals surface area (Å²) in [4.78, 5) is 15.6. The second kappa shape index (κ2) is 13.9. The normalized spacial score (nSPS) is 15.9. The summed E-state index contributed by atoms with van der Waals surface area (Å²) in [5, 5.41) is 14.8. The zero-order valence-corrected chi connectivity index (χ0v) is 21.7. The number of aliphatic hydroxyl groups is 1. The molecular weight excluding hydrogens is 436 g/mol. The van der Waals surface area contributed by atoms with Crippen molar-refractivity contribution in [2.45, 2.75) is 65.3 Å². The molecule has 0 unspecified atom stereocenters. The molecule has 6 nitrogen and oxygen atoms in total. The number of carbonyl (C=O) groups excluding carboxylic acids is 1. The highest BCUT2D eigenvalue weighted by Gasteiger charge is 2.22. The minimum absolute atomic E-state index is 0.176. The Hall–Kier alpha value is -2.86. The first-order valence-electron chi connectivity index (χ1n) is 13.2. The summed E-state index contributed by atoms with van der Waals surface area (Å²) in [6, 6.07) is 17.3. The van der Waals surface area contributed by atoms with E-state index in [2.05, 4.69) is 65.8 Å². The van der Waals surface area contributed by atoms with Crippen LogP contribution in [-0.4, -0.2) is 58.5 Å². The van der Waals surface area contributed by atoms with E-state index < -0.39 is 6.61 Å². The van der Waals surface area contributed by atoms with E-state index in [1.807, 2.05) is 24.4 Å². The summed E-state index contributed by atoms with van der Waals surface area (Å²) < 4.78 is 2.21. The molecule has 1 aromatic heterocycles. The number of aromatic nitrogens is 2. The molecule has 1 aliphatic carbocycles. The lowest BCUT2D eigenvalue weighted by atomic mass is 10.2. The number of carbonyl (C=O) groups is 1. The number of rotatable bonds is 4. The largest absolute Gasteiger partial charge is 0.387 e. The zero-order valence-electron chi connectivity index (χ0n) is 21.7. The average Bonchev–Trinajstić information content (AvgIpc) is 3.59. The van der Waals surface area contributed by atoms with Gasteiger partial charge in [-0.15, -0.1) is 0 Å². The Labute approximate surface area is 210 Å². The summed E-state index contributed by atoms with van der Waals surface area (Å²) in [7, 11) is 0. The molecule has 0 bridgehead atoms. The number of aliphatic hydroxyl groups excluding tert-OH is 1. The van der Waals surface area contributed by atoms with Crippen LogP contribution >= 0.6 is 0 Å².